The molecule has 2 N–H and O–H groups in total. The van der Waals surface area contributed by atoms with Crippen LogP contribution in [0.2, 0.25) is 0 Å². The van der Waals surface area contributed by atoms with Gasteiger partial charge in [-0.15, -0.1) is 0 Å². The van der Waals surface area contributed by atoms with Gasteiger partial charge in [0.2, 0.25) is 5.91 Å². The van der Waals surface area contributed by atoms with Crippen LogP contribution in [0.4, 0.5) is 13.2 Å². The molecule has 0 aliphatic carbocycles. The fourth-order valence-corrected chi connectivity index (χ4v) is 1.90. The van der Waals surface area contributed by atoms with Crippen molar-refractivity contribution in [2.45, 2.75) is 38.5 Å². The van der Waals surface area contributed by atoms with Crippen molar-refractivity contribution in [2.75, 3.05) is 6.54 Å². The first-order valence-corrected chi connectivity index (χ1v) is 6.48. The summed E-state index contributed by atoms with van der Waals surface area (Å²) < 4.78 is 37.8. The second-order valence-corrected chi connectivity index (χ2v) is 4.69. The van der Waals surface area contributed by atoms with Crippen molar-refractivity contribution in [2.24, 2.45) is 5.73 Å². The zero-order valence-electron chi connectivity index (χ0n) is 11.4. The second-order valence-electron chi connectivity index (χ2n) is 4.69. The average molecular weight is 288 g/mol. The first-order valence-electron chi connectivity index (χ1n) is 6.48. The van der Waals surface area contributed by atoms with Crippen LogP contribution >= 0.6 is 0 Å². The molecule has 20 heavy (non-hydrogen) atoms. The van der Waals surface area contributed by atoms with Crippen LogP contribution in [0, 0.1) is 0 Å². The molecule has 3 nitrogen and oxygen atoms in total. The quantitative estimate of drug-likeness (QED) is 0.875. The number of amides is 1. The second kappa shape index (κ2) is 7.28. The summed E-state index contributed by atoms with van der Waals surface area (Å²) in [6.45, 7) is 0.465. The number of halogens is 3. The number of nitrogens with two attached hydrogens (primary N) is 1. The van der Waals surface area contributed by atoms with E-state index in [0.29, 0.717) is 18.4 Å². The van der Waals surface area contributed by atoms with Gasteiger partial charge in [-0.1, -0.05) is 43.7 Å². The summed E-state index contributed by atoms with van der Waals surface area (Å²) in [6.07, 6.45) is -3.41. The molecule has 6 heteroatoms. The number of rotatable bonds is 6. The fraction of sp³-hybridized carbons (Fsp3) is 0.500. The third-order valence-corrected chi connectivity index (χ3v) is 2.81. The molecule has 0 fully saturated rings. The highest BCUT2D eigenvalue weighted by Gasteiger charge is 2.34. The van der Waals surface area contributed by atoms with Gasteiger partial charge in [0.05, 0.1) is 6.04 Å². The number of benzene rings is 1. The van der Waals surface area contributed by atoms with E-state index in [0.717, 1.165) is 4.90 Å². The van der Waals surface area contributed by atoms with Crippen molar-refractivity contribution < 1.29 is 18.0 Å². The normalized spacial score (nSPS) is 13.1. The number of hydrogen-bond acceptors (Lipinski definition) is 2. The minimum Gasteiger partial charge on any atom is -0.328 e. The van der Waals surface area contributed by atoms with Crippen LogP contribution < -0.4 is 5.73 Å². The molecule has 1 aromatic carbocycles. The van der Waals surface area contributed by atoms with Gasteiger partial charge in [0.15, 0.2) is 0 Å². The molecule has 0 radical (unpaired) electrons. The summed E-state index contributed by atoms with van der Waals surface area (Å²) in [7, 11) is 0. The Balaban J connectivity index is 2.82. The molecule has 0 saturated carbocycles. The zero-order chi connectivity index (χ0) is 15.2. The molecule has 1 aromatic rings. The van der Waals surface area contributed by atoms with Gasteiger partial charge >= 0.3 is 6.18 Å². The lowest BCUT2D eigenvalue weighted by atomic mass is 10.1. The van der Waals surface area contributed by atoms with Crippen LogP contribution in [-0.2, 0) is 11.3 Å². The topological polar surface area (TPSA) is 46.3 Å². The predicted molar refractivity (Wildman–Crippen MR) is 70.8 cm³/mol. The Morgan fingerprint density at radius 1 is 1.30 bits per heavy atom. The van der Waals surface area contributed by atoms with E-state index in [1.54, 1.807) is 30.3 Å². The Labute approximate surface area is 116 Å². The van der Waals surface area contributed by atoms with Gasteiger partial charge in [-0.2, -0.15) is 13.2 Å². The van der Waals surface area contributed by atoms with Crippen molar-refractivity contribution in [1.29, 1.82) is 0 Å². The summed E-state index contributed by atoms with van der Waals surface area (Å²) in [5.41, 5.74) is 6.29. The van der Waals surface area contributed by atoms with E-state index >= 15 is 0 Å². The molecule has 1 atom stereocenters. The third-order valence-electron chi connectivity index (χ3n) is 2.81. The van der Waals surface area contributed by atoms with Crippen molar-refractivity contribution in [3.05, 3.63) is 35.9 Å². The molecular formula is C14H19F3N2O. The van der Waals surface area contributed by atoms with Gasteiger partial charge in [-0.05, 0) is 12.0 Å². The van der Waals surface area contributed by atoms with Crippen molar-refractivity contribution in [1.82, 2.24) is 4.90 Å². The van der Waals surface area contributed by atoms with E-state index in [1.165, 1.54) is 0 Å². The van der Waals surface area contributed by atoms with Gasteiger partial charge in [-0.25, -0.2) is 0 Å². The molecule has 0 aliphatic rings. The Bertz CT molecular complexity index is 420. The largest absolute Gasteiger partial charge is 0.406 e. The molecular weight excluding hydrogens is 269 g/mol. The molecule has 0 aliphatic heterocycles. The van der Waals surface area contributed by atoms with Gasteiger partial charge in [0.1, 0.15) is 6.54 Å². The average Bonchev–Trinajstić information content (AvgIpc) is 2.37. The Kier molecular flexibility index (Phi) is 6.01. The van der Waals surface area contributed by atoms with Crippen LogP contribution in [0.5, 0.6) is 0 Å². The highest BCUT2D eigenvalue weighted by Crippen LogP contribution is 2.19. The Morgan fingerprint density at radius 3 is 2.40 bits per heavy atom. The molecule has 0 aromatic heterocycles. The van der Waals surface area contributed by atoms with E-state index in [4.69, 9.17) is 5.73 Å². The molecule has 0 spiro atoms. The number of hydrogen-bond donors (Lipinski definition) is 1. The number of carbonyl (C=O) groups is 1. The van der Waals surface area contributed by atoms with Crippen LogP contribution in [0.1, 0.15) is 25.3 Å². The van der Waals surface area contributed by atoms with Crippen molar-refractivity contribution >= 4 is 5.91 Å². The van der Waals surface area contributed by atoms with E-state index in [2.05, 4.69) is 0 Å². The Morgan fingerprint density at radius 2 is 1.90 bits per heavy atom. The molecule has 1 rings (SSSR count). The van der Waals surface area contributed by atoms with Gasteiger partial charge in [0.25, 0.3) is 0 Å². The minimum atomic E-state index is -4.43. The maximum Gasteiger partial charge on any atom is 0.406 e. The van der Waals surface area contributed by atoms with E-state index in [1.807, 2.05) is 6.92 Å². The predicted octanol–water partition coefficient (Wildman–Crippen LogP) is 2.70. The van der Waals surface area contributed by atoms with Gasteiger partial charge in [-0.3, -0.25) is 4.79 Å². The van der Waals surface area contributed by atoms with E-state index < -0.39 is 24.7 Å². The maximum absolute atomic E-state index is 12.6. The summed E-state index contributed by atoms with van der Waals surface area (Å²) in [4.78, 5) is 12.8. The Hall–Kier alpha value is -1.56. The van der Waals surface area contributed by atoms with E-state index in [-0.39, 0.29) is 6.54 Å². The molecule has 112 valence electrons. The zero-order valence-corrected chi connectivity index (χ0v) is 11.4. The number of carbonyl (C=O) groups excluding carboxylic acids is 1. The monoisotopic (exact) mass is 288 g/mol. The van der Waals surface area contributed by atoms with Crippen LogP contribution in [0.25, 0.3) is 0 Å². The lowest BCUT2D eigenvalue weighted by molar-refractivity contribution is -0.163. The lowest BCUT2D eigenvalue weighted by Gasteiger charge is -2.26. The molecule has 0 bridgehead atoms. The smallest absolute Gasteiger partial charge is 0.328 e. The lowest BCUT2D eigenvalue weighted by Crippen LogP contribution is -2.47. The summed E-state index contributed by atoms with van der Waals surface area (Å²) in [6, 6.07) is 7.69. The fourth-order valence-electron chi connectivity index (χ4n) is 1.90. The highest BCUT2D eigenvalue weighted by atomic mass is 19.4. The van der Waals surface area contributed by atoms with Crippen LogP contribution in [-0.4, -0.2) is 29.6 Å². The molecule has 0 saturated heterocycles. The molecule has 0 unspecified atom stereocenters. The van der Waals surface area contributed by atoms with Gasteiger partial charge < -0.3 is 10.6 Å². The first kappa shape index (κ1) is 16.5. The van der Waals surface area contributed by atoms with E-state index in [9.17, 15) is 18.0 Å². The summed E-state index contributed by atoms with van der Waals surface area (Å²) in [5.74, 6) is -0.659. The van der Waals surface area contributed by atoms with Crippen LogP contribution in [0.3, 0.4) is 0 Å². The SMILES string of the molecule is CCC[C@@H](N)C(=O)N(Cc1ccccc1)CC(F)(F)F. The first-order chi connectivity index (χ1) is 9.33. The van der Waals surface area contributed by atoms with Gasteiger partial charge in [0, 0.05) is 6.54 Å². The van der Waals surface area contributed by atoms with Crippen LogP contribution in [0.15, 0.2) is 30.3 Å². The summed E-state index contributed by atoms with van der Waals surface area (Å²) >= 11 is 0. The molecule has 1 amide bonds. The number of nitrogens with zero attached hydrogens (tertiary/aromatic N) is 1. The molecule has 0 heterocycles. The highest BCUT2D eigenvalue weighted by molar-refractivity contribution is 5.81. The third kappa shape index (κ3) is 5.61. The number of alkyl halides is 3. The standard InChI is InChI=1S/C14H19F3N2O/c1-2-6-12(18)13(20)19(10-14(15,16)17)9-11-7-4-3-5-8-11/h3-5,7-8,12H,2,6,9-10,18H2,1H3/t12-/m1/s1. The maximum atomic E-state index is 12.6. The minimum absolute atomic E-state index is 0.0867. The van der Waals surface area contributed by atoms with Crippen molar-refractivity contribution in [3.8, 4) is 0 Å². The van der Waals surface area contributed by atoms with Crippen molar-refractivity contribution in [3.63, 3.8) is 0 Å². The summed E-state index contributed by atoms with van der Waals surface area (Å²) in [5, 5.41) is 0.